The number of rotatable bonds is 1. The van der Waals surface area contributed by atoms with Crippen LogP contribution in [0.25, 0.3) is 11.1 Å². The first-order valence-corrected chi connectivity index (χ1v) is 8.88. The van der Waals surface area contributed by atoms with E-state index < -0.39 is 16.6 Å². The topological polar surface area (TPSA) is 58.3 Å². The van der Waals surface area contributed by atoms with Crippen molar-refractivity contribution in [2.45, 2.75) is 70.4 Å². The van der Waals surface area contributed by atoms with Gasteiger partial charge in [-0.1, -0.05) is 12.1 Å². The summed E-state index contributed by atoms with van der Waals surface area (Å²) in [7, 11) is 0. The number of aryl methyl sites for hydroxylation is 2. The Morgan fingerprint density at radius 3 is 2.56 bits per heavy atom. The minimum atomic E-state index is -0.874. The average molecular weight is 344 g/mol. The molecule has 1 aromatic carbocycles. The van der Waals surface area contributed by atoms with Crippen LogP contribution in [0.4, 0.5) is 10.1 Å². The molecule has 1 aromatic heterocycles. The smallest absolute Gasteiger partial charge is 0.141 e. The molecule has 2 aliphatic rings. The molecule has 0 bridgehead atoms. The maximum atomic E-state index is 14.9. The Hall–Kier alpha value is -1.88. The standard InChI is InChI=1S/C20H25FN2O2/c1-11-17(12(2)25-23-11)13-9-14-16(10-15(13)21)22-18(3,4)20(24)8-6-7-19(14,20)5/h9-10,22,24H,6-8H2,1-5H3. The second-order valence-corrected chi connectivity index (χ2v) is 8.37. The maximum Gasteiger partial charge on any atom is 0.141 e. The molecule has 4 nitrogen and oxygen atoms in total. The molecule has 1 aliphatic carbocycles. The number of benzene rings is 1. The van der Waals surface area contributed by atoms with E-state index in [-0.39, 0.29) is 5.82 Å². The summed E-state index contributed by atoms with van der Waals surface area (Å²) in [4.78, 5) is 0. The van der Waals surface area contributed by atoms with Crippen molar-refractivity contribution >= 4 is 5.69 Å². The van der Waals surface area contributed by atoms with Crippen LogP contribution < -0.4 is 5.32 Å². The van der Waals surface area contributed by atoms with E-state index >= 15 is 0 Å². The van der Waals surface area contributed by atoms with Gasteiger partial charge in [-0.05, 0) is 64.7 Å². The molecule has 2 atom stereocenters. The number of hydrogen-bond donors (Lipinski definition) is 2. The molecule has 2 heterocycles. The number of anilines is 1. The van der Waals surface area contributed by atoms with Crippen LogP contribution in [0.15, 0.2) is 16.7 Å². The normalized spacial score (nSPS) is 29.9. The Morgan fingerprint density at radius 2 is 1.92 bits per heavy atom. The van der Waals surface area contributed by atoms with Gasteiger partial charge in [-0.2, -0.15) is 0 Å². The zero-order valence-electron chi connectivity index (χ0n) is 15.5. The lowest BCUT2D eigenvalue weighted by Gasteiger charge is -2.55. The van der Waals surface area contributed by atoms with Crippen molar-refractivity contribution < 1.29 is 14.0 Å². The molecule has 5 heteroatoms. The summed E-state index contributed by atoms with van der Waals surface area (Å²) in [6, 6.07) is 3.44. The molecular weight excluding hydrogens is 319 g/mol. The zero-order valence-corrected chi connectivity index (χ0v) is 15.5. The van der Waals surface area contributed by atoms with E-state index in [4.69, 9.17) is 4.52 Å². The summed E-state index contributed by atoms with van der Waals surface area (Å²) in [6.45, 7) is 9.72. The first-order chi connectivity index (χ1) is 11.6. The number of nitrogens with one attached hydrogen (secondary N) is 1. The first kappa shape index (κ1) is 16.6. The molecule has 0 amide bonds. The number of halogens is 1. The Morgan fingerprint density at radius 1 is 1.20 bits per heavy atom. The highest BCUT2D eigenvalue weighted by Gasteiger charge is 2.62. The molecule has 25 heavy (non-hydrogen) atoms. The summed E-state index contributed by atoms with van der Waals surface area (Å²) in [6.07, 6.45) is 2.57. The van der Waals surface area contributed by atoms with E-state index in [2.05, 4.69) is 17.4 Å². The highest BCUT2D eigenvalue weighted by molar-refractivity contribution is 5.75. The molecule has 134 valence electrons. The number of fused-ring (bicyclic) bond motifs is 3. The van der Waals surface area contributed by atoms with Gasteiger partial charge in [0.2, 0.25) is 0 Å². The Bertz CT molecular complexity index is 853. The summed E-state index contributed by atoms with van der Waals surface area (Å²) < 4.78 is 20.2. The number of hydrogen-bond acceptors (Lipinski definition) is 4. The lowest BCUT2D eigenvalue weighted by Crippen LogP contribution is -2.65. The van der Waals surface area contributed by atoms with Crippen LogP contribution in [0.5, 0.6) is 0 Å². The lowest BCUT2D eigenvalue weighted by atomic mass is 9.60. The molecule has 1 saturated carbocycles. The largest absolute Gasteiger partial charge is 0.387 e. The monoisotopic (exact) mass is 344 g/mol. The van der Waals surface area contributed by atoms with Crippen molar-refractivity contribution in [1.82, 2.24) is 5.16 Å². The van der Waals surface area contributed by atoms with Crippen molar-refractivity contribution in [2.75, 3.05) is 5.32 Å². The highest BCUT2D eigenvalue weighted by atomic mass is 19.1. The minimum absolute atomic E-state index is 0.302. The van der Waals surface area contributed by atoms with Gasteiger partial charge in [-0.15, -0.1) is 0 Å². The molecule has 0 saturated heterocycles. The van der Waals surface area contributed by atoms with Gasteiger partial charge in [0.05, 0.1) is 22.4 Å². The molecule has 2 N–H and O–H groups in total. The number of aromatic nitrogens is 1. The van der Waals surface area contributed by atoms with E-state index in [9.17, 15) is 9.50 Å². The summed E-state index contributed by atoms with van der Waals surface area (Å²) in [5.41, 5.74) is 1.80. The molecule has 0 spiro atoms. The number of nitrogens with zero attached hydrogens (tertiary/aromatic N) is 1. The Kier molecular flexibility index (Phi) is 3.21. The van der Waals surface area contributed by atoms with Gasteiger partial charge < -0.3 is 14.9 Å². The van der Waals surface area contributed by atoms with Crippen LogP contribution in [0.1, 0.15) is 57.1 Å². The molecular formula is C20H25FN2O2. The van der Waals surface area contributed by atoms with Crippen molar-refractivity contribution in [3.05, 3.63) is 35.0 Å². The highest BCUT2D eigenvalue weighted by Crippen LogP contribution is 2.59. The van der Waals surface area contributed by atoms with Crippen LogP contribution in [0.3, 0.4) is 0 Å². The van der Waals surface area contributed by atoms with E-state index in [1.54, 1.807) is 13.0 Å². The van der Waals surface area contributed by atoms with Gasteiger partial charge in [0.25, 0.3) is 0 Å². The third-order valence-corrected chi connectivity index (χ3v) is 6.61. The molecule has 2 aromatic rings. The van der Waals surface area contributed by atoms with Crippen molar-refractivity contribution in [1.29, 1.82) is 0 Å². The van der Waals surface area contributed by atoms with Crippen LogP contribution >= 0.6 is 0 Å². The van der Waals surface area contributed by atoms with Gasteiger partial charge in [0, 0.05) is 16.7 Å². The predicted molar refractivity (Wildman–Crippen MR) is 95.2 cm³/mol. The van der Waals surface area contributed by atoms with E-state index in [1.807, 2.05) is 26.8 Å². The van der Waals surface area contributed by atoms with Gasteiger partial charge >= 0.3 is 0 Å². The van der Waals surface area contributed by atoms with Gasteiger partial charge in [0.15, 0.2) is 0 Å². The SMILES string of the molecule is Cc1noc(C)c1-c1cc2c(cc1F)NC(C)(C)C1(O)CCCC21C. The molecule has 0 radical (unpaired) electrons. The second-order valence-electron chi connectivity index (χ2n) is 8.37. The van der Waals surface area contributed by atoms with Gasteiger partial charge in [-0.25, -0.2) is 4.39 Å². The third-order valence-electron chi connectivity index (χ3n) is 6.61. The fraction of sp³-hybridized carbons (Fsp3) is 0.550. The van der Waals surface area contributed by atoms with Gasteiger partial charge in [0.1, 0.15) is 11.6 Å². The van der Waals surface area contributed by atoms with Crippen LogP contribution in [-0.4, -0.2) is 21.4 Å². The molecule has 1 fully saturated rings. The van der Waals surface area contributed by atoms with Crippen molar-refractivity contribution in [2.24, 2.45) is 0 Å². The quantitative estimate of drug-likeness (QED) is 0.801. The molecule has 1 aliphatic heterocycles. The fourth-order valence-electron chi connectivity index (χ4n) is 5.17. The van der Waals surface area contributed by atoms with Crippen LogP contribution in [0, 0.1) is 19.7 Å². The Balaban J connectivity index is 1.99. The lowest BCUT2D eigenvalue weighted by molar-refractivity contribution is -0.0628. The van der Waals surface area contributed by atoms with Gasteiger partial charge in [-0.3, -0.25) is 0 Å². The zero-order chi connectivity index (χ0) is 18.2. The second kappa shape index (κ2) is 4.85. The third kappa shape index (κ3) is 1.93. The van der Waals surface area contributed by atoms with Crippen molar-refractivity contribution in [3.63, 3.8) is 0 Å². The van der Waals surface area contributed by atoms with E-state index in [0.29, 0.717) is 22.6 Å². The summed E-state index contributed by atoms with van der Waals surface area (Å²) >= 11 is 0. The average Bonchev–Trinajstić information content (AvgIpc) is 3.01. The van der Waals surface area contributed by atoms with Crippen LogP contribution in [-0.2, 0) is 5.41 Å². The maximum absolute atomic E-state index is 14.9. The molecule has 4 rings (SSSR count). The minimum Gasteiger partial charge on any atom is -0.387 e. The Labute approximate surface area is 147 Å². The summed E-state index contributed by atoms with van der Waals surface area (Å²) in [5.74, 6) is 0.302. The van der Waals surface area contributed by atoms with Crippen molar-refractivity contribution in [3.8, 4) is 11.1 Å². The molecule has 2 unspecified atom stereocenters. The van der Waals surface area contributed by atoms with E-state index in [1.165, 1.54) is 0 Å². The van der Waals surface area contributed by atoms with E-state index in [0.717, 1.165) is 30.5 Å². The summed E-state index contributed by atoms with van der Waals surface area (Å²) in [5, 5.41) is 18.9. The number of aliphatic hydroxyl groups is 1. The van der Waals surface area contributed by atoms with Crippen LogP contribution in [0.2, 0.25) is 0 Å². The fourth-order valence-corrected chi connectivity index (χ4v) is 5.17. The predicted octanol–water partition coefficient (Wildman–Crippen LogP) is 4.47. The first-order valence-electron chi connectivity index (χ1n) is 8.88.